The molecular formula is C18H24N6S. The number of nitrogens with zero attached hydrogens (tertiary/aromatic N) is 4. The van der Waals surface area contributed by atoms with E-state index in [1.54, 1.807) is 11.3 Å². The van der Waals surface area contributed by atoms with E-state index in [-0.39, 0.29) is 0 Å². The summed E-state index contributed by atoms with van der Waals surface area (Å²) in [5, 5.41) is 7.80. The molecule has 0 aliphatic rings. The van der Waals surface area contributed by atoms with Gasteiger partial charge in [-0.05, 0) is 26.0 Å². The van der Waals surface area contributed by atoms with Crippen molar-refractivity contribution in [1.29, 1.82) is 0 Å². The summed E-state index contributed by atoms with van der Waals surface area (Å²) in [6.45, 7) is 6.32. The van der Waals surface area contributed by atoms with Gasteiger partial charge in [0, 0.05) is 37.6 Å². The molecule has 6 nitrogen and oxygen atoms in total. The highest BCUT2D eigenvalue weighted by molar-refractivity contribution is 7.11. The van der Waals surface area contributed by atoms with E-state index < -0.39 is 0 Å². The average Bonchev–Trinajstić information content (AvgIpc) is 3.16. The zero-order valence-corrected chi connectivity index (χ0v) is 15.7. The molecule has 25 heavy (non-hydrogen) atoms. The summed E-state index contributed by atoms with van der Waals surface area (Å²) in [7, 11) is 2.03. The first-order valence-electron chi connectivity index (χ1n) is 8.51. The normalized spacial score (nSPS) is 11.9. The molecule has 0 amide bonds. The Balaban J connectivity index is 1.63. The Hall–Kier alpha value is -2.41. The molecule has 0 saturated heterocycles. The van der Waals surface area contributed by atoms with E-state index in [0.717, 1.165) is 47.3 Å². The molecule has 1 aromatic carbocycles. The molecule has 7 heteroatoms. The summed E-state index contributed by atoms with van der Waals surface area (Å²) in [6, 6.07) is 8.15. The Morgan fingerprint density at radius 3 is 2.84 bits per heavy atom. The lowest BCUT2D eigenvalue weighted by Gasteiger charge is -2.10. The maximum absolute atomic E-state index is 4.67. The number of thiazole rings is 1. The number of benzene rings is 1. The fraction of sp³-hybridized carbons (Fsp3) is 0.389. The van der Waals surface area contributed by atoms with Crippen LogP contribution in [-0.2, 0) is 20.0 Å². The standard InChI is InChI=1S/C18H24N6S/c1-4-19-18(20-10-9-17-21-11-13(2)25-17)22-12-16-23-14-7-5-6-8-15(14)24(16)3/h5-8,11H,4,9-10,12H2,1-3H3,(H2,19,20,22). The van der Waals surface area contributed by atoms with Crippen LogP contribution >= 0.6 is 11.3 Å². The minimum Gasteiger partial charge on any atom is -0.357 e. The zero-order valence-electron chi connectivity index (χ0n) is 14.9. The van der Waals surface area contributed by atoms with Gasteiger partial charge in [-0.25, -0.2) is 15.0 Å². The second-order valence-corrected chi connectivity index (χ2v) is 7.13. The molecule has 0 spiro atoms. The van der Waals surface area contributed by atoms with E-state index >= 15 is 0 Å². The van der Waals surface area contributed by atoms with Crippen molar-refractivity contribution in [3.8, 4) is 0 Å². The largest absolute Gasteiger partial charge is 0.357 e. The van der Waals surface area contributed by atoms with Crippen LogP contribution in [0, 0.1) is 6.92 Å². The van der Waals surface area contributed by atoms with E-state index in [1.807, 2.05) is 31.4 Å². The van der Waals surface area contributed by atoms with Gasteiger partial charge in [0.25, 0.3) is 0 Å². The SMILES string of the molecule is CCNC(=NCc1nc2ccccc2n1C)NCCc1ncc(C)s1. The van der Waals surface area contributed by atoms with Crippen molar-refractivity contribution in [3.05, 3.63) is 46.2 Å². The van der Waals surface area contributed by atoms with Gasteiger partial charge in [0.1, 0.15) is 12.4 Å². The smallest absolute Gasteiger partial charge is 0.191 e. The van der Waals surface area contributed by atoms with E-state index in [2.05, 4.69) is 50.1 Å². The number of para-hydroxylation sites is 2. The van der Waals surface area contributed by atoms with Crippen LogP contribution < -0.4 is 10.6 Å². The van der Waals surface area contributed by atoms with Crippen LogP contribution in [0.25, 0.3) is 11.0 Å². The first-order chi connectivity index (χ1) is 12.2. The molecule has 0 bridgehead atoms. The van der Waals surface area contributed by atoms with Crippen molar-refractivity contribution in [2.24, 2.45) is 12.0 Å². The lowest BCUT2D eigenvalue weighted by molar-refractivity contribution is 0.771. The Kier molecular flexibility index (Phi) is 5.65. The summed E-state index contributed by atoms with van der Waals surface area (Å²) >= 11 is 1.74. The quantitative estimate of drug-likeness (QED) is 0.526. The number of hydrogen-bond acceptors (Lipinski definition) is 4. The van der Waals surface area contributed by atoms with Gasteiger partial charge in [-0.3, -0.25) is 0 Å². The molecule has 0 atom stereocenters. The van der Waals surface area contributed by atoms with Crippen LogP contribution in [0.3, 0.4) is 0 Å². The van der Waals surface area contributed by atoms with Gasteiger partial charge in [0.05, 0.1) is 16.0 Å². The van der Waals surface area contributed by atoms with E-state index in [0.29, 0.717) is 6.54 Å². The second-order valence-electron chi connectivity index (χ2n) is 5.81. The van der Waals surface area contributed by atoms with E-state index in [4.69, 9.17) is 0 Å². The molecule has 0 aliphatic carbocycles. The van der Waals surface area contributed by atoms with Gasteiger partial charge >= 0.3 is 0 Å². The van der Waals surface area contributed by atoms with Gasteiger partial charge in [0.2, 0.25) is 0 Å². The number of guanidine groups is 1. The van der Waals surface area contributed by atoms with Crippen molar-refractivity contribution in [2.75, 3.05) is 13.1 Å². The predicted molar refractivity (Wildman–Crippen MR) is 104 cm³/mol. The van der Waals surface area contributed by atoms with Gasteiger partial charge in [-0.1, -0.05) is 12.1 Å². The molecular weight excluding hydrogens is 332 g/mol. The highest BCUT2D eigenvalue weighted by atomic mass is 32.1. The molecule has 0 saturated carbocycles. The highest BCUT2D eigenvalue weighted by Gasteiger charge is 2.07. The monoisotopic (exact) mass is 356 g/mol. The summed E-state index contributed by atoms with van der Waals surface area (Å²) < 4.78 is 2.10. The first kappa shape index (κ1) is 17.4. The van der Waals surface area contributed by atoms with Crippen LogP contribution in [0.5, 0.6) is 0 Å². The molecule has 0 radical (unpaired) electrons. The second kappa shape index (κ2) is 8.11. The third-order valence-electron chi connectivity index (χ3n) is 3.90. The van der Waals surface area contributed by atoms with Crippen LogP contribution in [0.15, 0.2) is 35.5 Å². The predicted octanol–water partition coefficient (Wildman–Crippen LogP) is 2.64. The fourth-order valence-electron chi connectivity index (χ4n) is 2.63. The summed E-state index contributed by atoms with van der Waals surface area (Å²) in [5.41, 5.74) is 2.14. The van der Waals surface area contributed by atoms with Crippen molar-refractivity contribution >= 4 is 28.3 Å². The number of aliphatic imine (C=N–C) groups is 1. The molecule has 2 N–H and O–H groups in total. The number of aryl methyl sites for hydroxylation is 2. The van der Waals surface area contributed by atoms with Crippen LogP contribution in [0.4, 0.5) is 0 Å². The highest BCUT2D eigenvalue weighted by Crippen LogP contribution is 2.14. The molecule has 2 aromatic heterocycles. The first-order valence-corrected chi connectivity index (χ1v) is 9.33. The minimum absolute atomic E-state index is 0.539. The molecule has 2 heterocycles. The topological polar surface area (TPSA) is 67.1 Å². The van der Waals surface area contributed by atoms with Gasteiger partial charge in [-0.2, -0.15) is 0 Å². The third-order valence-corrected chi connectivity index (χ3v) is 4.88. The maximum Gasteiger partial charge on any atom is 0.191 e. The number of aromatic nitrogens is 3. The van der Waals surface area contributed by atoms with E-state index in [9.17, 15) is 0 Å². The summed E-state index contributed by atoms with van der Waals surface area (Å²) in [5.74, 6) is 1.76. The Bertz CT molecular complexity index is 863. The van der Waals surface area contributed by atoms with Crippen molar-refractivity contribution in [2.45, 2.75) is 26.8 Å². The van der Waals surface area contributed by atoms with Crippen LogP contribution in [0.1, 0.15) is 22.6 Å². The number of fused-ring (bicyclic) bond motifs is 1. The third kappa shape index (κ3) is 4.36. The Labute approximate surface area is 152 Å². The van der Waals surface area contributed by atoms with Crippen molar-refractivity contribution in [3.63, 3.8) is 0 Å². The van der Waals surface area contributed by atoms with Crippen LogP contribution in [0.2, 0.25) is 0 Å². The molecule has 0 aliphatic heterocycles. The lowest BCUT2D eigenvalue weighted by Crippen LogP contribution is -2.38. The Morgan fingerprint density at radius 1 is 1.28 bits per heavy atom. The summed E-state index contributed by atoms with van der Waals surface area (Å²) in [6.07, 6.45) is 2.82. The maximum atomic E-state index is 4.67. The summed E-state index contributed by atoms with van der Waals surface area (Å²) in [4.78, 5) is 15.0. The minimum atomic E-state index is 0.539. The van der Waals surface area contributed by atoms with Crippen molar-refractivity contribution < 1.29 is 0 Å². The van der Waals surface area contributed by atoms with Crippen LogP contribution in [-0.4, -0.2) is 33.6 Å². The van der Waals surface area contributed by atoms with Gasteiger partial charge < -0.3 is 15.2 Å². The number of rotatable bonds is 6. The fourth-order valence-corrected chi connectivity index (χ4v) is 3.42. The average molecular weight is 356 g/mol. The van der Waals surface area contributed by atoms with Gasteiger partial charge in [0.15, 0.2) is 5.96 Å². The number of nitrogens with one attached hydrogen (secondary N) is 2. The Morgan fingerprint density at radius 2 is 2.12 bits per heavy atom. The molecule has 3 aromatic rings. The molecule has 3 rings (SSSR count). The molecule has 0 unspecified atom stereocenters. The van der Waals surface area contributed by atoms with E-state index in [1.165, 1.54) is 4.88 Å². The molecule has 132 valence electrons. The van der Waals surface area contributed by atoms with Gasteiger partial charge in [-0.15, -0.1) is 11.3 Å². The molecule has 0 fully saturated rings. The zero-order chi connectivity index (χ0) is 17.6. The number of hydrogen-bond donors (Lipinski definition) is 2. The van der Waals surface area contributed by atoms with Crippen molar-refractivity contribution in [1.82, 2.24) is 25.2 Å². The number of imidazole rings is 1. The lowest BCUT2D eigenvalue weighted by atomic mass is 10.3.